The third-order valence-electron chi connectivity index (χ3n) is 4.68. The fourth-order valence-electron chi connectivity index (χ4n) is 3.76. The van der Waals surface area contributed by atoms with Crippen LogP contribution >= 0.6 is 0 Å². The van der Waals surface area contributed by atoms with Gasteiger partial charge in [0.1, 0.15) is 17.8 Å². The Morgan fingerprint density at radius 1 is 1.28 bits per heavy atom. The maximum absolute atomic E-state index is 16.0. The third-order valence-corrected chi connectivity index (χ3v) is 4.68. The summed E-state index contributed by atoms with van der Waals surface area (Å²) in [5.74, 6) is -0.650. The van der Waals surface area contributed by atoms with Gasteiger partial charge in [0.05, 0.1) is 7.11 Å². The Morgan fingerprint density at radius 3 is 2.52 bits per heavy atom. The van der Waals surface area contributed by atoms with Crippen LogP contribution in [-0.2, 0) is 19.9 Å². The molecule has 0 N–H and O–H groups in total. The second kappa shape index (κ2) is 5.61. The molecule has 0 spiro atoms. The molecule has 1 aromatic carbocycles. The highest BCUT2D eigenvalue weighted by Crippen LogP contribution is 2.54. The lowest BCUT2D eigenvalue weighted by molar-refractivity contribution is -0.146. The molecule has 7 heteroatoms. The standard InChI is InChI=1S/C18H23FN2O4/c1-17(2,3)25-16(23)21-13(14(22)24-5)10-18(19)11-8-6-7-9-12(11)20(4)15(18)21/h6-9,13,15H,10H2,1-5H3/t13-,15?,18?/m0/s1. The van der Waals surface area contributed by atoms with Gasteiger partial charge < -0.3 is 14.4 Å². The molecule has 2 unspecified atom stereocenters. The molecule has 2 heterocycles. The Kier molecular flexibility index (Phi) is 3.93. The van der Waals surface area contributed by atoms with Gasteiger partial charge in [-0.2, -0.15) is 0 Å². The van der Waals surface area contributed by atoms with E-state index in [0.29, 0.717) is 11.3 Å². The number of fused-ring (bicyclic) bond motifs is 3. The highest BCUT2D eigenvalue weighted by atomic mass is 19.1. The maximum Gasteiger partial charge on any atom is 0.412 e. The van der Waals surface area contributed by atoms with Crippen molar-refractivity contribution >= 4 is 17.7 Å². The van der Waals surface area contributed by atoms with Crippen molar-refractivity contribution in [3.8, 4) is 0 Å². The van der Waals surface area contributed by atoms with Crippen LogP contribution in [0.2, 0.25) is 0 Å². The molecular formula is C18H23FN2O4. The Labute approximate surface area is 146 Å². The molecule has 6 nitrogen and oxygen atoms in total. The van der Waals surface area contributed by atoms with E-state index in [1.165, 1.54) is 12.0 Å². The molecule has 0 bridgehead atoms. The Balaban J connectivity index is 2.06. The van der Waals surface area contributed by atoms with E-state index in [1.807, 2.05) is 6.07 Å². The molecule has 0 aliphatic carbocycles. The van der Waals surface area contributed by atoms with Gasteiger partial charge in [-0.05, 0) is 26.8 Å². The number of rotatable bonds is 1. The van der Waals surface area contributed by atoms with E-state index >= 15 is 4.39 Å². The first kappa shape index (κ1) is 17.5. The fourth-order valence-corrected chi connectivity index (χ4v) is 3.76. The topological polar surface area (TPSA) is 59.1 Å². The molecular weight excluding hydrogens is 327 g/mol. The molecule has 25 heavy (non-hydrogen) atoms. The van der Waals surface area contributed by atoms with Crippen LogP contribution in [0.4, 0.5) is 14.9 Å². The minimum absolute atomic E-state index is 0.162. The highest BCUT2D eigenvalue weighted by molar-refractivity contribution is 5.85. The van der Waals surface area contributed by atoms with Crippen molar-refractivity contribution in [1.82, 2.24) is 4.90 Å². The number of esters is 1. The average molecular weight is 350 g/mol. The summed E-state index contributed by atoms with van der Waals surface area (Å²) in [6.45, 7) is 5.18. The highest BCUT2D eigenvalue weighted by Gasteiger charge is 2.64. The molecule has 1 fully saturated rings. The lowest BCUT2D eigenvalue weighted by atomic mass is 9.93. The summed E-state index contributed by atoms with van der Waals surface area (Å²) in [5.41, 5.74) is -1.45. The van der Waals surface area contributed by atoms with Crippen LogP contribution in [0.1, 0.15) is 32.8 Å². The van der Waals surface area contributed by atoms with Crippen LogP contribution in [0.15, 0.2) is 24.3 Å². The van der Waals surface area contributed by atoms with Gasteiger partial charge in [0.2, 0.25) is 0 Å². The number of hydrogen-bond donors (Lipinski definition) is 0. The van der Waals surface area contributed by atoms with Gasteiger partial charge in [0, 0.05) is 24.7 Å². The Bertz CT molecular complexity index is 717. The number of anilines is 1. The van der Waals surface area contributed by atoms with Crippen molar-refractivity contribution < 1.29 is 23.5 Å². The number of likely N-dealkylation sites (tertiary alicyclic amines) is 1. The molecule has 0 aromatic heterocycles. The second-order valence-electron chi connectivity index (χ2n) is 7.49. The number of likely N-dealkylation sites (N-methyl/N-ethyl adjacent to an activating group) is 1. The zero-order chi connectivity index (χ0) is 18.6. The lowest BCUT2D eigenvalue weighted by Gasteiger charge is -2.35. The number of methoxy groups -OCH3 is 1. The first-order chi connectivity index (χ1) is 11.6. The summed E-state index contributed by atoms with van der Waals surface area (Å²) in [5, 5.41) is 0. The van der Waals surface area contributed by atoms with E-state index in [9.17, 15) is 9.59 Å². The SMILES string of the molecule is COC(=O)[C@@H]1CC2(F)c3ccccc3N(C)C2N1C(=O)OC(C)(C)C. The predicted octanol–water partition coefficient (Wildman–Crippen LogP) is 2.81. The third kappa shape index (κ3) is 2.62. The number of amides is 1. The minimum atomic E-state index is -1.86. The molecule has 0 radical (unpaired) electrons. The maximum atomic E-state index is 16.0. The van der Waals surface area contributed by atoms with E-state index in [-0.39, 0.29) is 6.42 Å². The number of ether oxygens (including phenoxy) is 2. The molecule has 3 atom stereocenters. The summed E-state index contributed by atoms with van der Waals surface area (Å²) in [7, 11) is 2.94. The van der Waals surface area contributed by atoms with Crippen LogP contribution in [0.3, 0.4) is 0 Å². The van der Waals surface area contributed by atoms with Crippen LogP contribution in [0.5, 0.6) is 0 Å². The molecule has 2 aliphatic heterocycles. The number of para-hydroxylation sites is 1. The van der Waals surface area contributed by atoms with Crippen LogP contribution < -0.4 is 4.90 Å². The van der Waals surface area contributed by atoms with E-state index in [4.69, 9.17) is 9.47 Å². The lowest BCUT2D eigenvalue weighted by Crippen LogP contribution is -2.54. The van der Waals surface area contributed by atoms with E-state index in [2.05, 4.69) is 0 Å². The molecule has 1 saturated heterocycles. The van der Waals surface area contributed by atoms with Gasteiger partial charge >= 0.3 is 12.1 Å². The van der Waals surface area contributed by atoms with Gasteiger partial charge in [-0.15, -0.1) is 0 Å². The van der Waals surface area contributed by atoms with Crippen molar-refractivity contribution in [2.75, 3.05) is 19.1 Å². The monoisotopic (exact) mass is 350 g/mol. The first-order valence-corrected chi connectivity index (χ1v) is 8.20. The number of carbonyl (C=O) groups excluding carboxylic acids is 2. The number of alkyl halides is 1. The van der Waals surface area contributed by atoms with Crippen LogP contribution in [0.25, 0.3) is 0 Å². The summed E-state index contributed by atoms with van der Waals surface area (Å²) >= 11 is 0. The van der Waals surface area contributed by atoms with Crippen molar-refractivity contribution in [3.05, 3.63) is 29.8 Å². The van der Waals surface area contributed by atoms with Gasteiger partial charge in [-0.1, -0.05) is 18.2 Å². The van der Waals surface area contributed by atoms with E-state index in [0.717, 1.165) is 0 Å². The molecule has 136 valence electrons. The second-order valence-corrected chi connectivity index (χ2v) is 7.49. The zero-order valence-corrected chi connectivity index (χ0v) is 15.1. The van der Waals surface area contributed by atoms with Crippen LogP contribution in [-0.4, -0.2) is 48.9 Å². The normalized spacial score (nSPS) is 27.8. The summed E-state index contributed by atoms with van der Waals surface area (Å²) in [4.78, 5) is 27.9. The fraction of sp³-hybridized carbons (Fsp3) is 0.556. The summed E-state index contributed by atoms with van der Waals surface area (Å²) < 4.78 is 26.3. The first-order valence-electron chi connectivity index (χ1n) is 8.20. The van der Waals surface area contributed by atoms with Gasteiger partial charge in [-0.3, -0.25) is 4.90 Å². The smallest absolute Gasteiger partial charge is 0.412 e. The molecule has 2 aliphatic rings. The number of carbonyl (C=O) groups is 2. The number of nitrogens with zero attached hydrogens (tertiary/aromatic N) is 2. The zero-order valence-electron chi connectivity index (χ0n) is 15.1. The van der Waals surface area contributed by atoms with Crippen molar-refractivity contribution in [3.63, 3.8) is 0 Å². The van der Waals surface area contributed by atoms with Crippen molar-refractivity contribution in [2.45, 2.75) is 50.7 Å². The molecule has 1 aromatic rings. The number of halogens is 1. The average Bonchev–Trinajstić information content (AvgIpc) is 2.96. The molecule has 1 amide bonds. The Hall–Kier alpha value is -2.31. The predicted molar refractivity (Wildman–Crippen MR) is 89.9 cm³/mol. The Morgan fingerprint density at radius 2 is 1.92 bits per heavy atom. The number of hydrogen-bond acceptors (Lipinski definition) is 5. The largest absolute Gasteiger partial charge is 0.467 e. The van der Waals surface area contributed by atoms with Crippen LogP contribution in [0, 0.1) is 0 Å². The summed E-state index contributed by atoms with van der Waals surface area (Å²) in [6.07, 6.45) is -1.85. The number of benzene rings is 1. The van der Waals surface area contributed by atoms with Gasteiger partial charge in [0.15, 0.2) is 5.67 Å². The molecule has 0 saturated carbocycles. The van der Waals surface area contributed by atoms with Crippen molar-refractivity contribution in [1.29, 1.82) is 0 Å². The molecule has 3 rings (SSSR count). The van der Waals surface area contributed by atoms with Crippen molar-refractivity contribution in [2.24, 2.45) is 0 Å². The minimum Gasteiger partial charge on any atom is -0.467 e. The van der Waals surface area contributed by atoms with E-state index in [1.54, 1.807) is 50.9 Å². The quantitative estimate of drug-likeness (QED) is 0.729. The van der Waals surface area contributed by atoms with Gasteiger partial charge in [0.25, 0.3) is 0 Å². The summed E-state index contributed by atoms with van der Waals surface area (Å²) in [6, 6.07) is 6.02. The van der Waals surface area contributed by atoms with Gasteiger partial charge in [-0.25, -0.2) is 14.0 Å². The van der Waals surface area contributed by atoms with E-state index < -0.39 is 35.5 Å².